The Kier molecular flexibility index (Phi) is 5.59. The summed E-state index contributed by atoms with van der Waals surface area (Å²) in [5.74, 6) is -1.09. The Balaban J connectivity index is 2.12. The summed E-state index contributed by atoms with van der Waals surface area (Å²) in [4.78, 5) is 28.1. The van der Waals surface area contributed by atoms with Crippen molar-refractivity contribution in [1.29, 1.82) is 0 Å². The third kappa shape index (κ3) is 4.12. The highest BCUT2D eigenvalue weighted by Crippen LogP contribution is 2.27. The molecule has 0 aliphatic carbocycles. The van der Waals surface area contributed by atoms with Crippen LogP contribution in [0.25, 0.3) is 0 Å². The third-order valence-corrected chi connectivity index (χ3v) is 4.28. The summed E-state index contributed by atoms with van der Waals surface area (Å²) in [6.07, 6.45) is 0.162. The van der Waals surface area contributed by atoms with E-state index in [2.05, 4.69) is 0 Å². The second kappa shape index (κ2) is 7.30. The lowest BCUT2D eigenvalue weighted by atomic mass is 10.1. The molecule has 1 aliphatic heterocycles. The fourth-order valence-electron chi connectivity index (χ4n) is 3.00. The quantitative estimate of drug-likeness (QED) is 0.892. The standard InChI is InChI=1S/C18H25FN2O3/c1-18(2,3)21-12-14(10-16(21)23)17(24)20(8-9-22)11-13-6-4-5-7-15(13)19/h4-7,14,22H,8-12H2,1-3H3. The summed E-state index contributed by atoms with van der Waals surface area (Å²) in [6, 6.07) is 6.26. The lowest BCUT2D eigenvalue weighted by molar-refractivity contribution is -0.137. The van der Waals surface area contributed by atoms with Crippen molar-refractivity contribution in [2.75, 3.05) is 19.7 Å². The number of aliphatic hydroxyl groups excluding tert-OH is 1. The van der Waals surface area contributed by atoms with E-state index in [-0.39, 0.29) is 49.3 Å². The molecule has 0 spiro atoms. The maximum Gasteiger partial charge on any atom is 0.228 e. The number of rotatable bonds is 5. The van der Waals surface area contributed by atoms with Crippen LogP contribution in [-0.2, 0) is 16.1 Å². The van der Waals surface area contributed by atoms with Gasteiger partial charge in [0, 0.05) is 37.2 Å². The van der Waals surface area contributed by atoms with Gasteiger partial charge in [-0.15, -0.1) is 0 Å². The zero-order valence-electron chi connectivity index (χ0n) is 14.5. The number of aliphatic hydroxyl groups is 1. The molecular weight excluding hydrogens is 311 g/mol. The first kappa shape index (κ1) is 18.4. The molecule has 1 heterocycles. The third-order valence-electron chi connectivity index (χ3n) is 4.28. The molecule has 6 heteroatoms. The number of hydrogen-bond acceptors (Lipinski definition) is 3. The highest BCUT2D eigenvalue weighted by Gasteiger charge is 2.40. The van der Waals surface area contributed by atoms with Crippen LogP contribution in [0.3, 0.4) is 0 Å². The topological polar surface area (TPSA) is 60.9 Å². The second-order valence-electron chi connectivity index (χ2n) is 7.15. The fraction of sp³-hybridized carbons (Fsp3) is 0.556. The largest absolute Gasteiger partial charge is 0.395 e. The van der Waals surface area contributed by atoms with Crippen molar-refractivity contribution >= 4 is 11.8 Å². The molecule has 0 saturated carbocycles. The molecule has 1 unspecified atom stereocenters. The summed E-state index contributed by atoms with van der Waals surface area (Å²) >= 11 is 0. The summed E-state index contributed by atoms with van der Waals surface area (Å²) in [7, 11) is 0. The number of hydrogen-bond donors (Lipinski definition) is 1. The van der Waals surface area contributed by atoms with Crippen LogP contribution in [0.15, 0.2) is 24.3 Å². The molecule has 2 amide bonds. The van der Waals surface area contributed by atoms with E-state index in [4.69, 9.17) is 0 Å². The van der Waals surface area contributed by atoms with Crippen LogP contribution >= 0.6 is 0 Å². The Morgan fingerprint density at radius 1 is 1.38 bits per heavy atom. The summed E-state index contributed by atoms with van der Waals surface area (Å²) < 4.78 is 13.8. The van der Waals surface area contributed by atoms with E-state index in [9.17, 15) is 19.1 Å². The summed E-state index contributed by atoms with van der Waals surface area (Å²) in [6.45, 7) is 6.16. The average molecular weight is 336 g/mol. The van der Waals surface area contributed by atoms with E-state index >= 15 is 0 Å². The monoisotopic (exact) mass is 336 g/mol. The molecule has 132 valence electrons. The van der Waals surface area contributed by atoms with Crippen LogP contribution in [0.5, 0.6) is 0 Å². The second-order valence-corrected chi connectivity index (χ2v) is 7.15. The van der Waals surface area contributed by atoms with Crippen LogP contribution in [0.4, 0.5) is 4.39 Å². The van der Waals surface area contributed by atoms with Gasteiger partial charge in [-0.1, -0.05) is 18.2 Å². The zero-order valence-corrected chi connectivity index (χ0v) is 14.5. The van der Waals surface area contributed by atoms with Gasteiger partial charge in [0.15, 0.2) is 0 Å². The van der Waals surface area contributed by atoms with Crippen molar-refractivity contribution in [2.45, 2.75) is 39.3 Å². The summed E-state index contributed by atoms with van der Waals surface area (Å²) in [5.41, 5.74) is 0.0655. The summed E-state index contributed by atoms with van der Waals surface area (Å²) in [5, 5.41) is 9.24. The normalized spacial score (nSPS) is 18.1. The van der Waals surface area contributed by atoms with Crippen LogP contribution < -0.4 is 0 Å². The number of carbonyl (C=O) groups is 2. The molecule has 1 saturated heterocycles. The van der Waals surface area contributed by atoms with Crippen molar-refractivity contribution in [3.63, 3.8) is 0 Å². The number of amides is 2. The Bertz CT molecular complexity index is 613. The number of halogens is 1. The molecule has 5 nitrogen and oxygen atoms in total. The molecule has 2 rings (SSSR count). The van der Waals surface area contributed by atoms with Crippen molar-refractivity contribution in [2.24, 2.45) is 5.92 Å². The molecule has 0 bridgehead atoms. The average Bonchev–Trinajstić information content (AvgIpc) is 2.90. The van der Waals surface area contributed by atoms with E-state index < -0.39 is 5.92 Å². The van der Waals surface area contributed by atoms with Crippen molar-refractivity contribution < 1.29 is 19.1 Å². The van der Waals surface area contributed by atoms with Gasteiger partial charge >= 0.3 is 0 Å². The Morgan fingerprint density at radius 2 is 2.04 bits per heavy atom. The highest BCUT2D eigenvalue weighted by molar-refractivity contribution is 5.89. The fourth-order valence-corrected chi connectivity index (χ4v) is 3.00. The van der Waals surface area contributed by atoms with E-state index in [1.54, 1.807) is 23.1 Å². The molecule has 1 atom stereocenters. The Hall–Kier alpha value is -1.95. The minimum absolute atomic E-state index is 0.0457. The van der Waals surface area contributed by atoms with Gasteiger partial charge in [-0.25, -0.2) is 4.39 Å². The Labute approximate surface area is 142 Å². The first-order valence-corrected chi connectivity index (χ1v) is 8.17. The van der Waals surface area contributed by atoms with E-state index in [1.807, 2.05) is 20.8 Å². The van der Waals surface area contributed by atoms with E-state index in [1.165, 1.54) is 11.0 Å². The number of benzene rings is 1. The molecule has 0 radical (unpaired) electrons. The Morgan fingerprint density at radius 3 is 2.58 bits per heavy atom. The molecule has 1 aliphatic rings. The van der Waals surface area contributed by atoms with Gasteiger partial charge in [-0.05, 0) is 26.8 Å². The lowest BCUT2D eigenvalue weighted by Gasteiger charge is -2.32. The molecule has 1 N–H and O–H groups in total. The van der Waals surface area contributed by atoms with Gasteiger partial charge in [-0.2, -0.15) is 0 Å². The van der Waals surface area contributed by atoms with Crippen LogP contribution in [0.2, 0.25) is 0 Å². The van der Waals surface area contributed by atoms with Gasteiger partial charge in [0.25, 0.3) is 0 Å². The van der Waals surface area contributed by atoms with Gasteiger partial charge in [0.1, 0.15) is 5.82 Å². The number of carbonyl (C=O) groups excluding carboxylic acids is 2. The lowest BCUT2D eigenvalue weighted by Crippen LogP contribution is -2.44. The van der Waals surface area contributed by atoms with E-state index in [0.29, 0.717) is 12.1 Å². The first-order chi connectivity index (χ1) is 11.2. The minimum Gasteiger partial charge on any atom is -0.395 e. The first-order valence-electron chi connectivity index (χ1n) is 8.17. The maximum absolute atomic E-state index is 13.8. The van der Waals surface area contributed by atoms with Gasteiger partial charge < -0.3 is 14.9 Å². The van der Waals surface area contributed by atoms with E-state index in [0.717, 1.165) is 0 Å². The van der Waals surface area contributed by atoms with Gasteiger partial charge in [-0.3, -0.25) is 9.59 Å². The van der Waals surface area contributed by atoms with Crippen LogP contribution in [0.1, 0.15) is 32.8 Å². The highest BCUT2D eigenvalue weighted by atomic mass is 19.1. The number of nitrogens with zero attached hydrogens (tertiary/aromatic N) is 2. The number of likely N-dealkylation sites (tertiary alicyclic amines) is 1. The molecule has 1 fully saturated rings. The molecule has 1 aromatic rings. The molecule has 1 aromatic carbocycles. The minimum atomic E-state index is -0.449. The molecular formula is C18H25FN2O3. The molecule has 24 heavy (non-hydrogen) atoms. The zero-order chi connectivity index (χ0) is 17.9. The SMILES string of the molecule is CC(C)(C)N1CC(C(=O)N(CCO)Cc2ccccc2F)CC1=O. The van der Waals surface area contributed by atoms with Crippen molar-refractivity contribution in [1.82, 2.24) is 9.80 Å². The van der Waals surface area contributed by atoms with Crippen molar-refractivity contribution in [3.8, 4) is 0 Å². The van der Waals surface area contributed by atoms with Gasteiger partial charge in [0.2, 0.25) is 11.8 Å². The van der Waals surface area contributed by atoms with Crippen LogP contribution in [-0.4, -0.2) is 52.0 Å². The van der Waals surface area contributed by atoms with Crippen molar-refractivity contribution in [3.05, 3.63) is 35.6 Å². The predicted molar refractivity (Wildman–Crippen MR) is 88.5 cm³/mol. The maximum atomic E-state index is 13.8. The smallest absolute Gasteiger partial charge is 0.228 e. The predicted octanol–water partition coefficient (Wildman–Crippen LogP) is 1.79. The van der Waals surface area contributed by atoms with Gasteiger partial charge in [0.05, 0.1) is 12.5 Å². The molecule has 0 aromatic heterocycles. The van der Waals surface area contributed by atoms with Crippen LogP contribution in [0, 0.1) is 11.7 Å².